The molecule has 4 heteroatoms. The van der Waals surface area contributed by atoms with Crippen molar-refractivity contribution in [3.63, 3.8) is 0 Å². The van der Waals surface area contributed by atoms with Crippen LogP contribution >= 0.6 is 47.8 Å². The van der Waals surface area contributed by atoms with Gasteiger partial charge in [0.1, 0.15) is 0 Å². The van der Waals surface area contributed by atoms with Crippen LogP contribution in [-0.4, -0.2) is 27.9 Å². The fourth-order valence-corrected chi connectivity index (χ4v) is 17.4. The zero-order valence-electron chi connectivity index (χ0n) is 3.83. The molecule has 0 spiro atoms. The summed E-state index contributed by atoms with van der Waals surface area (Å²) in [5.41, 5.74) is 0. The number of hydrogen-bond acceptors (Lipinski definition) is 0. The summed E-state index contributed by atoms with van der Waals surface area (Å²) < 4.78 is 3.78. The van der Waals surface area contributed by atoms with Crippen LogP contribution in [0.15, 0.2) is 0 Å². The minimum atomic E-state index is -0.826. The number of rotatable bonds is 3. The molecule has 0 fully saturated rings. The van der Waals surface area contributed by atoms with Crippen LogP contribution in [0, 0.1) is 0 Å². The third kappa shape index (κ3) is 4.57. The molecule has 0 aromatic carbocycles. The van der Waals surface area contributed by atoms with Gasteiger partial charge in [-0.2, -0.15) is 0 Å². The van der Waals surface area contributed by atoms with Gasteiger partial charge in [-0.05, 0) is 0 Å². The third-order valence-corrected chi connectivity index (χ3v) is 17.7. The van der Waals surface area contributed by atoms with Gasteiger partial charge in [-0.25, -0.2) is 0 Å². The maximum atomic E-state index is 3.46. The van der Waals surface area contributed by atoms with E-state index in [1.165, 1.54) is 11.7 Å². The maximum absolute atomic E-state index is 3.46. The summed E-state index contributed by atoms with van der Waals surface area (Å²) in [5, 5.41) is 0. The first-order valence-corrected chi connectivity index (χ1v) is 10.5. The molecule has 0 aromatic heterocycles. The molecule has 42 valence electrons. The predicted molar refractivity (Wildman–Crippen MR) is 47.1 cm³/mol. The van der Waals surface area contributed by atoms with E-state index in [1.54, 1.807) is 0 Å². The molecule has 0 saturated carbocycles. The van der Waals surface area contributed by atoms with Gasteiger partial charge in [0.15, 0.2) is 0 Å². The molecule has 0 rings (SSSR count). The van der Waals surface area contributed by atoms with Crippen LogP contribution in [-0.2, 0) is 0 Å². The molecule has 0 aliphatic rings. The molecule has 0 atom stereocenters. The van der Waals surface area contributed by atoms with Crippen molar-refractivity contribution in [2.45, 2.75) is 0 Å². The molecule has 0 N–H and O–H groups in total. The van der Waals surface area contributed by atoms with Gasteiger partial charge in [0.25, 0.3) is 0 Å². The van der Waals surface area contributed by atoms with Gasteiger partial charge in [-0.15, -0.1) is 0 Å². The van der Waals surface area contributed by atoms with Gasteiger partial charge < -0.3 is 0 Å². The Balaban J connectivity index is 2.99. The van der Waals surface area contributed by atoms with Crippen LogP contribution in [0.3, 0.4) is 0 Å². The second-order valence-electron chi connectivity index (χ2n) is 1.33. The Bertz CT molecular complexity index is 31.7. The quantitative estimate of drug-likeness (QED) is 0.541. The van der Waals surface area contributed by atoms with E-state index in [9.17, 15) is 0 Å². The van der Waals surface area contributed by atoms with Crippen molar-refractivity contribution in [3.05, 3.63) is 0 Å². The van der Waals surface area contributed by atoms with E-state index in [0.717, 1.165) is 0 Å². The summed E-state index contributed by atoms with van der Waals surface area (Å²) in [4.78, 5) is 0. The normalized spacial score (nSPS) is 9.00. The Kier molecular flexibility index (Phi) is 8.04. The first-order valence-electron chi connectivity index (χ1n) is 2.03. The first-order chi connectivity index (χ1) is 3.35. The van der Waals surface area contributed by atoms with Crippen molar-refractivity contribution in [1.29, 1.82) is 0 Å². The standard InChI is InChI=1S/3CH2Br.Ga/c3*1-2;/h3*1H2;. The Labute approximate surface area is 74.8 Å². The van der Waals surface area contributed by atoms with E-state index in [2.05, 4.69) is 47.8 Å². The van der Waals surface area contributed by atoms with Crippen molar-refractivity contribution in [3.8, 4) is 0 Å². The molecule has 7 heavy (non-hydrogen) atoms. The molecular weight excluding hydrogens is 345 g/mol. The third-order valence-electron chi connectivity index (χ3n) is 0.655. The van der Waals surface area contributed by atoms with E-state index in [4.69, 9.17) is 0 Å². The van der Waals surface area contributed by atoms with Gasteiger partial charge in [-0.3, -0.25) is 0 Å². The summed E-state index contributed by atoms with van der Waals surface area (Å²) in [6.45, 7) is 0. The Morgan fingerprint density at radius 3 is 1.14 bits per heavy atom. The van der Waals surface area contributed by atoms with Crippen LogP contribution in [0.5, 0.6) is 0 Å². The molecule has 0 aliphatic heterocycles. The van der Waals surface area contributed by atoms with Crippen LogP contribution in [0.1, 0.15) is 0 Å². The van der Waals surface area contributed by atoms with E-state index >= 15 is 0 Å². The number of halogens is 3. The summed E-state index contributed by atoms with van der Waals surface area (Å²) in [6, 6.07) is 0. The van der Waals surface area contributed by atoms with Gasteiger partial charge in [0.05, 0.1) is 0 Å². The van der Waals surface area contributed by atoms with Crippen LogP contribution < -0.4 is 0 Å². The second kappa shape index (κ2) is 6.20. The summed E-state index contributed by atoms with van der Waals surface area (Å²) >= 11 is 9.55. The molecule has 0 unspecified atom stereocenters. The molecule has 0 saturated heterocycles. The molecule has 0 aliphatic carbocycles. The van der Waals surface area contributed by atoms with E-state index < -0.39 is 16.2 Å². The van der Waals surface area contributed by atoms with E-state index in [0.29, 0.717) is 0 Å². The molecule has 0 bridgehead atoms. The Hall–Kier alpha value is 2.08. The van der Waals surface area contributed by atoms with E-state index in [-0.39, 0.29) is 0 Å². The molecule has 0 nitrogen and oxygen atoms in total. The molecule has 0 amide bonds. The topological polar surface area (TPSA) is 0 Å². The molecule has 0 heterocycles. The van der Waals surface area contributed by atoms with Gasteiger partial charge in [0.2, 0.25) is 0 Å². The van der Waals surface area contributed by atoms with Crippen LogP contribution in [0.25, 0.3) is 0 Å². The summed E-state index contributed by atoms with van der Waals surface area (Å²) in [7, 11) is 0. The second-order valence-corrected chi connectivity index (χ2v) is 17.0. The van der Waals surface area contributed by atoms with Crippen molar-refractivity contribution >= 4 is 64.0 Å². The van der Waals surface area contributed by atoms with Crippen molar-refractivity contribution in [2.75, 3.05) is 11.7 Å². The van der Waals surface area contributed by atoms with Crippen LogP contribution in [0.2, 0.25) is 0 Å². The average molecular weight is 352 g/mol. The molecule has 0 radical (unpaired) electrons. The van der Waals surface area contributed by atoms with Crippen molar-refractivity contribution in [2.24, 2.45) is 0 Å². The molecular formula is C3H6Br3Ga. The fourth-order valence-electron chi connectivity index (χ4n) is 0.124. The van der Waals surface area contributed by atoms with Gasteiger partial charge in [0, 0.05) is 0 Å². The Morgan fingerprint density at radius 1 is 0.857 bits per heavy atom. The summed E-state index contributed by atoms with van der Waals surface area (Å²) in [5.74, 6) is 0. The first kappa shape index (κ1) is 9.08. The summed E-state index contributed by atoms with van der Waals surface area (Å²) in [6.07, 6.45) is 0. The number of hydrogen-bond donors (Lipinski definition) is 0. The molecule has 0 aromatic rings. The Morgan fingerprint density at radius 2 is 1.14 bits per heavy atom. The SMILES string of the molecule is Br[CH2][Ga]([CH2]Br)[CH2]Br. The monoisotopic (exact) mass is 348 g/mol. The van der Waals surface area contributed by atoms with Gasteiger partial charge >= 0.3 is 75.7 Å². The predicted octanol–water partition coefficient (Wildman–Crippen LogP) is 2.28. The van der Waals surface area contributed by atoms with Gasteiger partial charge in [-0.1, -0.05) is 0 Å². The zero-order valence-corrected chi connectivity index (χ0v) is 11.0. The van der Waals surface area contributed by atoms with Crippen LogP contribution in [0.4, 0.5) is 0 Å². The number of alkyl halides is 3. The van der Waals surface area contributed by atoms with E-state index in [1.807, 2.05) is 0 Å². The van der Waals surface area contributed by atoms with Crippen molar-refractivity contribution < 1.29 is 0 Å². The minimum absolute atomic E-state index is 0.826. The zero-order chi connectivity index (χ0) is 5.70. The average Bonchev–Trinajstić information content (AvgIpc) is 1.72. The van der Waals surface area contributed by atoms with Crippen molar-refractivity contribution in [1.82, 2.24) is 0 Å². The fraction of sp³-hybridized carbons (Fsp3) is 1.00.